The van der Waals surface area contributed by atoms with Crippen molar-refractivity contribution in [1.29, 1.82) is 0 Å². The second-order valence-corrected chi connectivity index (χ2v) is 8.40. The fraction of sp³-hybridized carbons (Fsp3) is 0.211. The lowest BCUT2D eigenvalue weighted by Crippen LogP contribution is -2.27. The number of amides is 2. The number of thiophene rings is 1. The number of fused-ring (bicyclic) bond motifs is 2. The number of carbonyl (C=O) groups is 2. The maximum Gasteiger partial charge on any atom is 0.286 e. The SMILES string of the molecule is O=C1NC(=O)C([C@@H]2CCc3cc(Oc4ccnc5ccsc45)ccc32)S1. The molecule has 2 atom stereocenters. The van der Waals surface area contributed by atoms with E-state index in [9.17, 15) is 9.59 Å². The molecule has 26 heavy (non-hydrogen) atoms. The van der Waals surface area contributed by atoms with Crippen molar-refractivity contribution in [3.63, 3.8) is 0 Å². The van der Waals surface area contributed by atoms with E-state index in [4.69, 9.17) is 4.74 Å². The van der Waals surface area contributed by atoms with Crippen molar-refractivity contribution in [3.05, 3.63) is 53.0 Å². The Hall–Kier alpha value is -2.38. The maximum absolute atomic E-state index is 12.0. The number of nitrogens with zero attached hydrogens (tertiary/aromatic N) is 1. The van der Waals surface area contributed by atoms with E-state index >= 15 is 0 Å². The van der Waals surface area contributed by atoms with Gasteiger partial charge in [-0.3, -0.25) is 19.9 Å². The number of hydrogen-bond donors (Lipinski definition) is 1. The summed E-state index contributed by atoms with van der Waals surface area (Å²) in [6.45, 7) is 0. The fourth-order valence-electron chi connectivity index (χ4n) is 3.70. The van der Waals surface area contributed by atoms with Crippen LogP contribution in [0.5, 0.6) is 11.5 Å². The quantitative estimate of drug-likeness (QED) is 0.724. The largest absolute Gasteiger partial charge is 0.456 e. The van der Waals surface area contributed by atoms with Crippen LogP contribution in [0.3, 0.4) is 0 Å². The van der Waals surface area contributed by atoms with E-state index in [-0.39, 0.29) is 22.3 Å². The Morgan fingerprint density at radius 3 is 2.96 bits per heavy atom. The number of hydrogen-bond acceptors (Lipinski definition) is 6. The van der Waals surface area contributed by atoms with Crippen molar-refractivity contribution in [2.45, 2.75) is 24.0 Å². The van der Waals surface area contributed by atoms with Crippen LogP contribution < -0.4 is 10.1 Å². The number of benzene rings is 1. The van der Waals surface area contributed by atoms with E-state index in [1.165, 1.54) is 5.56 Å². The molecule has 5 rings (SSSR count). The first-order valence-corrected chi connectivity index (χ1v) is 10.1. The van der Waals surface area contributed by atoms with Crippen LogP contribution in [-0.2, 0) is 11.2 Å². The third-order valence-corrected chi connectivity index (χ3v) is 6.89. The molecule has 1 fully saturated rings. The zero-order chi connectivity index (χ0) is 17.7. The summed E-state index contributed by atoms with van der Waals surface area (Å²) < 4.78 is 7.14. The van der Waals surface area contributed by atoms with Gasteiger partial charge in [-0.2, -0.15) is 0 Å². The molecule has 7 heteroatoms. The number of aromatic nitrogens is 1. The van der Waals surface area contributed by atoms with Crippen molar-refractivity contribution in [1.82, 2.24) is 10.3 Å². The van der Waals surface area contributed by atoms with Crippen LogP contribution >= 0.6 is 23.1 Å². The Kier molecular flexibility index (Phi) is 3.72. The number of aryl methyl sites for hydroxylation is 1. The first kappa shape index (κ1) is 15.8. The molecule has 0 radical (unpaired) electrons. The fourth-order valence-corrected chi connectivity index (χ4v) is 5.50. The predicted molar refractivity (Wildman–Crippen MR) is 102 cm³/mol. The summed E-state index contributed by atoms with van der Waals surface area (Å²) in [5, 5.41) is 3.83. The summed E-state index contributed by atoms with van der Waals surface area (Å²) in [5.74, 6) is 1.50. The van der Waals surface area contributed by atoms with E-state index in [2.05, 4.69) is 16.4 Å². The number of thioether (sulfide) groups is 1. The monoisotopic (exact) mass is 382 g/mol. The summed E-state index contributed by atoms with van der Waals surface area (Å²) >= 11 is 2.72. The van der Waals surface area contributed by atoms with Gasteiger partial charge < -0.3 is 4.74 Å². The highest BCUT2D eigenvalue weighted by Crippen LogP contribution is 2.43. The first-order chi connectivity index (χ1) is 12.7. The Labute approximate surface area is 157 Å². The van der Waals surface area contributed by atoms with Gasteiger partial charge in [0.1, 0.15) is 16.7 Å². The first-order valence-electron chi connectivity index (χ1n) is 8.33. The molecule has 2 aromatic heterocycles. The van der Waals surface area contributed by atoms with Crippen molar-refractivity contribution in [2.75, 3.05) is 0 Å². The lowest BCUT2D eigenvalue weighted by atomic mass is 9.97. The van der Waals surface area contributed by atoms with E-state index in [1.807, 2.05) is 29.6 Å². The number of carbonyl (C=O) groups excluding carboxylic acids is 2. The number of rotatable bonds is 3. The molecule has 2 aliphatic rings. The molecule has 1 N–H and O–H groups in total. The molecule has 1 unspecified atom stereocenters. The average Bonchev–Trinajstić information content (AvgIpc) is 3.33. The molecule has 1 aromatic carbocycles. The Balaban J connectivity index is 1.43. The Bertz CT molecular complexity index is 1050. The highest BCUT2D eigenvalue weighted by atomic mass is 32.2. The molecule has 1 aliphatic heterocycles. The van der Waals surface area contributed by atoms with Gasteiger partial charge in [-0.25, -0.2) is 0 Å². The van der Waals surface area contributed by atoms with E-state index in [0.717, 1.165) is 51.9 Å². The van der Waals surface area contributed by atoms with Gasteiger partial charge >= 0.3 is 0 Å². The minimum atomic E-state index is -0.318. The summed E-state index contributed by atoms with van der Waals surface area (Å²) in [6, 6.07) is 9.88. The summed E-state index contributed by atoms with van der Waals surface area (Å²) in [7, 11) is 0. The second-order valence-electron chi connectivity index (χ2n) is 6.37. The highest BCUT2D eigenvalue weighted by Gasteiger charge is 2.41. The van der Waals surface area contributed by atoms with Gasteiger partial charge in [-0.05, 0) is 47.5 Å². The van der Waals surface area contributed by atoms with Crippen LogP contribution in [0.25, 0.3) is 10.2 Å². The molecule has 2 amide bonds. The second kappa shape index (κ2) is 6.10. The number of ether oxygens (including phenoxy) is 1. The van der Waals surface area contributed by atoms with Gasteiger partial charge in [0.2, 0.25) is 5.91 Å². The Morgan fingerprint density at radius 2 is 2.12 bits per heavy atom. The minimum Gasteiger partial charge on any atom is -0.456 e. The third kappa shape index (κ3) is 2.59. The highest BCUT2D eigenvalue weighted by molar-refractivity contribution is 8.15. The molecule has 1 aliphatic carbocycles. The molecule has 1 saturated heterocycles. The van der Waals surface area contributed by atoms with Gasteiger partial charge in [0, 0.05) is 18.2 Å². The van der Waals surface area contributed by atoms with Crippen molar-refractivity contribution in [2.24, 2.45) is 0 Å². The number of imide groups is 1. The van der Waals surface area contributed by atoms with Gasteiger partial charge in [-0.1, -0.05) is 17.8 Å². The summed E-state index contributed by atoms with van der Waals surface area (Å²) in [6.07, 6.45) is 3.52. The van der Waals surface area contributed by atoms with Crippen LogP contribution in [-0.4, -0.2) is 21.4 Å². The van der Waals surface area contributed by atoms with E-state index in [1.54, 1.807) is 17.5 Å². The van der Waals surface area contributed by atoms with Gasteiger partial charge in [0.05, 0.1) is 10.2 Å². The van der Waals surface area contributed by atoms with Crippen LogP contribution in [0.2, 0.25) is 0 Å². The van der Waals surface area contributed by atoms with Gasteiger partial charge in [-0.15, -0.1) is 11.3 Å². The smallest absolute Gasteiger partial charge is 0.286 e. The molecule has 5 nitrogen and oxygen atoms in total. The maximum atomic E-state index is 12.0. The van der Waals surface area contributed by atoms with Crippen LogP contribution in [0.1, 0.15) is 23.5 Å². The van der Waals surface area contributed by atoms with Crippen molar-refractivity contribution in [3.8, 4) is 11.5 Å². The topological polar surface area (TPSA) is 68.3 Å². The summed E-state index contributed by atoms with van der Waals surface area (Å²) in [4.78, 5) is 27.8. The Morgan fingerprint density at radius 1 is 1.19 bits per heavy atom. The molecular formula is C19H14N2O3S2. The molecule has 130 valence electrons. The lowest BCUT2D eigenvalue weighted by molar-refractivity contribution is -0.119. The standard InChI is InChI=1S/C19H14N2O3S2/c22-18-16(26-19(23)21-18)13-3-1-10-9-11(2-4-12(10)13)24-15-5-7-20-14-6-8-25-17(14)15/h2,4-9,13,16H,1,3H2,(H,21,22,23)/t13-,16?/m1/s1. The zero-order valence-electron chi connectivity index (χ0n) is 13.6. The molecule has 0 saturated carbocycles. The molecule has 3 heterocycles. The molecule has 0 spiro atoms. The summed E-state index contributed by atoms with van der Waals surface area (Å²) in [5.41, 5.74) is 3.27. The zero-order valence-corrected chi connectivity index (χ0v) is 15.2. The average molecular weight is 382 g/mol. The van der Waals surface area contributed by atoms with Crippen LogP contribution in [0.15, 0.2) is 41.9 Å². The van der Waals surface area contributed by atoms with Gasteiger partial charge in [0.25, 0.3) is 5.24 Å². The van der Waals surface area contributed by atoms with E-state index < -0.39 is 0 Å². The number of nitrogens with one attached hydrogen (secondary N) is 1. The van der Waals surface area contributed by atoms with Crippen molar-refractivity contribution >= 4 is 44.5 Å². The van der Waals surface area contributed by atoms with Crippen LogP contribution in [0.4, 0.5) is 4.79 Å². The normalized spacial score (nSPS) is 21.8. The van der Waals surface area contributed by atoms with Gasteiger partial charge in [0.15, 0.2) is 0 Å². The third-order valence-electron chi connectivity index (χ3n) is 4.86. The predicted octanol–water partition coefficient (Wildman–Crippen LogP) is 4.47. The molecular weight excluding hydrogens is 368 g/mol. The molecule has 3 aromatic rings. The number of pyridine rings is 1. The molecule has 0 bridgehead atoms. The van der Waals surface area contributed by atoms with Crippen molar-refractivity contribution < 1.29 is 14.3 Å². The minimum absolute atomic E-state index is 0.0837. The van der Waals surface area contributed by atoms with E-state index in [0.29, 0.717) is 0 Å². The van der Waals surface area contributed by atoms with Crippen LogP contribution in [0, 0.1) is 0 Å². The lowest BCUT2D eigenvalue weighted by Gasteiger charge is -2.16.